The summed E-state index contributed by atoms with van der Waals surface area (Å²) in [6, 6.07) is 16.9. The Morgan fingerprint density at radius 1 is 1.15 bits per heavy atom. The highest BCUT2D eigenvalue weighted by Crippen LogP contribution is 2.47. The molecular formula is C17H17NOS. The Morgan fingerprint density at radius 3 is 2.65 bits per heavy atom. The average molecular weight is 283 g/mol. The summed E-state index contributed by atoms with van der Waals surface area (Å²) >= 11 is 1.83. The van der Waals surface area contributed by atoms with Crippen molar-refractivity contribution < 1.29 is 4.74 Å². The maximum atomic E-state index is 5.37. The van der Waals surface area contributed by atoms with Crippen LogP contribution in [0.2, 0.25) is 0 Å². The molecule has 0 saturated heterocycles. The van der Waals surface area contributed by atoms with Gasteiger partial charge in [0, 0.05) is 12.1 Å². The van der Waals surface area contributed by atoms with Gasteiger partial charge in [0.15, 0.2) is 0 Å². The zero-order chi connectivity index (χ0) is 13.9. The lowest BCUT2D eigenvalue weighted by Crippen LogP contribution is -1.94. The van der Waals surface area contributed by atoms with Gasteiger partial charge in [-0.25, -0.2) is 0 Å². The molecule has 1 aliphatic rings. The first kappa shape index (κ1) is 13.3. The highest BCUT2D eigenvalue weighted by atomic mass is 32.2. The van der Waals surface area contributed by atoms with Crippen LogP contribution >= 0.6 is 11.8 Å². The molecule has 0 radical (unpaired) electrons. The molecule has 1 atom stereocenters. The molecule has 2 aromatic carbocycles. The lowest BCUT2D eigenvalue weighted by molar-refractivity contribution is 0.414. The number of rotatable bonds is 3. The number of ether oxygens (including phenoxy) is 1. The van der Waals surface area contributed by atoms with Gasteiger partial charge in [0.25, 0.3) is 0 Å². The van der Waals surface area contributed by atoms with E-state index in [1.165, 1.54) is 16.7 Å². The largest absolute Gasteiger partial charge is 0.497 e. The quantitative estimate of drug-likeness (QED) is 0.837. The van der Waals surface area contributed by atoms with Gasteiger partial charge < -0.3 is 4.74 Å². The first-order chi connectivity index (χ1) is 9.83. The zero-order valence-corrected chi connectivity index (χ0v) is 12.5. The smallest absolute Gasteiger partial charge is 0.119 e. The fraction of sp³-hybridized carbons (Fsp3) is 0.235. The van der Waals surface area contributed by atoms with Crippen molar-refractivity contribution in [2.24, 2.45) is 4.99 Å². The van der Waals surface area contributed by atoms with Crippen molar-refractivity contribution in [3.8, 4) is 5.75 Å². The topological polar surface area (TPSA) is 21.6 Å². The molecule has 1 unspecified atom stereocenters. The Labute approximate surface area is 123 Å². The van der Waals surface area contributed by atoms with Crippen molar-refractivity contribution in [3.05, 3.63) is 65.2 Å². The molecule has 3 heteroatoms. The molecule has 0 bridgehead atoms. The number of thioether (sulfide) groups is 1. The van der Waals surface area contributed by atoms with Crippen LogP contribution in [0.25, 0.3) is 0 Å². The van der Waals surface area contributed by atoms with Gasteiger partial charge in [0.2, 0.25) is 0 Å². The minimum atomic E-state index is 0.312. The first-order valence-corrected chi connectivity index (χ1v) is 7.65. The Balaban J connectivity index is 2.10. The van der Waals surface area contributed by atoms with Crippen LogP contribution in [0.4, 0.5) is 0 Å². The number of hydrogen-bond donors (Lipinski definition) is 0. The summed E-state index contributed by atoms with van der Waals surface area (Å²) in [6.45, 7) is 2.89. The average Bonchev–Trinajstić information content (AvgIpc) is 2.86. The van der Waals surface area contributed by atoms with E-state index >= 15 is 0 Å². The SMILES string of the molecule is CCN=C1SC(c2ccccc2)c2cc(OC)ccc21. The molecule has 1 aliphatic heterocycles. The molecule has 0 spiro atoms. The third-order valence-corrected chi connectivity index (χ3v) is 4.74. The summed E-state index contributed by atoms with van der Waals surface area (Å²) in [5.74, 6) is 0.906. The van der Waals surface area contributed by atoms with E-state index in [0.29, 0.717) is 5.25 Å². The van der Waals surface area contributed by atoms with Crippen molar-refractivity contribution in [1.82, 2.24) is 0 Å². The third-order valence-electron chi connectivity index (χ3n) is 3.41. The summed E-state index contributed by atoms with van der Waals surface area (Å²) in [7, 11) is 1.71. The summed E-state index contributed by atoms with van der Waals surface area (Å²) in [6.07, 6.45) is 0. The number of hydrogen-bond acceptors (Lipinski definition) is 3. The van der Waals surface area contributed by atoms with E-state index in [-0.39, 0.29) is 0 Å². The van der Waals surface area contributed by atoms with E-state index in [4.69, 9.17) is 4.74 Å². The molecule has 0 fully saturated rings. The standard InChI is InChI=1S/C17H17NOS/c1-3-18-17-14-10-9-13(19-2)11-15(14)16(20-17)12-7-5-4-6-8-12/h4-11,16H,3H2,1-2H3. The van der Waals surface area contributed by atoms with Gasteiger partial charge in [-0.05, 0) is 36.2 Å². The van der Waals surface area contributed by atoms with E-state index in [2.05, 4.69) is 54.4 Å². The second-order valence-electron chi connectivity index (χ2n) is 4.64. The molecule has 20 heavy (non-hydrogen) atoms. The number of methoxy groups -OCH3 is 1. The predicted octanol–water partition coefficient (Wildman–Crippen LogP) is 4.30. The van der Waals surface area contributed by atoms with Crippen molar-refractivity contribution in [2.45, 2.75) is 12.2 Å². The number of aliphatic imine (C=N–C) groups is 1. The van der Waals surface area contributed by atoms with Crippen LogP contribution in [-0.4, -0.2) is 18.7 Å². The fourth-order valence-corrected chi connectivity index (χ4v) is 3.81. The van der Waals surface area contributed by atoms with Crippen LogP contribution in [-0.2, 0) is 0 Å². The normalized spacial score (nSPS) is 19.1. The molecule has 0 aliphatic carbocycles. The summed E-state index contributed by atoms with van der Waals surface area (Å²) < 4.78 is 5.37. The van der Waals surface area contributed by atoms with Gasteiger partial charge in [0.1, 0.15) is 5.75 Å². The van der Waals surface area contributed by atoms with Crippen LogP contribution in [0.1, 0.15) is 28.9 Å². The summed E-state index contributed by atoms with van der Waals surface area (Å²) in [4.78, 5) is 4.64. The second-order valence-corrected chi connectivity index (χ2v) is 5.74. The van der Waals surface area contributed by atoms with E-state index in [1.807, 2.05) is 17.8 Å². The van der Waals surface area contributed by atoms with Crippen molar-refractivity contribution in [3.63, 3.8) is 0 Å². The van der Waals surface area contributed by atoms with E-state index in [0.717, 1.165) is 17.3 Å². The van der Waals surface area contributed by atoms with Gasteiger partial charge in [-0.15, -0.1) is 0 Å². The van der Waals surface area contributed by atoms with Crippen LogP contribution in [0.3, 0.4) is 0 Å². The minimum absolute atomic E-state index is 0.312. The van der Waals surface area contributed by atoms with Gasteiger partial charge in [-0.2, -0.15) is 0 Å². The maximum Gasteiger partial charge on any atom is 0.119 e. The van der Waals surface area contributed by atoms with Crippen LogP contribution < -0.4 is 4.74 Å². The summed E-state index contributed by atoms with van der Waals surface area (Å²) in [5, 5.41) is 1.45. The molecule has 0 aromatic heterocycles. The highest BCUT2D eigenvalue weighted by Gasteiger charge is 2.29. The van der Waals surface area contributed by atoms with Gasteiger partial charge in [-0.3, -0.25) is 4.99 Å². The van der Waals surface area contributed by atoms with E-state index in [1.54, 1.807) is 7.11 Å². The third kappa shape index (κ3) is 2.34. The van der Waals surface area contributed by atoms with Gasteiger partial charge in [-0.1, -0.05) is 42.1 Å². The zero-order valence-electron chi connectivity index (χ0n) is 11.7. The molecule has 0 N–H and O–H groups in total. The maximum absolute atomic E-state index is 5.37. The van der Waals surface area contributed by atoms with Crippen LogP contribution in [0.15, 0.2) is 53.5 Å². The van der Waals surface area contributed by atoms with E-state index < -0.39 is 0 Å². The Hall–Kier alpha value is -1.74. The van der Waals surface area contributed by atoms with Gasteiger partial charge >= 0.3 is 0 Å². The Kier molecular flexibility index (Phi) is 3.79. The van der Waals surface area contributed by atoms with Gasteiger partial charge in [0.05, 0.1) is 17.4 Å². The minimum Gasteiger partial charge on any atom is -0.497 e. The first-order valence-electron chi connectivity index (χ1n) is 6.78. The van der Waals surface area contributed by atoms with Crippen molar-refractivity contribution in [1.29, 1.82) is 0 Å². The van der Waals surface area contributed by atoms with Crippen LogP contribution in [0.5, 0.6) is 5.75 Å². The molecular weight excluding hydrogens is 266 g/mol. The monoisotopic (exact) mass is 283 g/mol. The lowest BCUT2D eigenvalue weighted by Gasteiger charge is -2.11. The van der Waals surface area contributed by atoms with E-state index in [9.17, 15) is 0 Å². The van der Waals surface area contributed by atoms with Crippen molar-refractivity contribution in [2.75, 3.05) is 13.7 Å². The van der Waals surface area contributed by atoms with Crippen LogP contribution in [0, 0.1) is 0 Å². The number of nitrogens with zero attached hydrogens (tertiary/aromatic N) is 1. The molecule has 3 rings (SSSR count). The Bertz CT molecular complexity index is 637. The molecule has 0 amide bonds. The molecule has 2 aromatic rings. The van der Waals surface area contributed by atoms with Crippen molar-refractivity contribution >= 4 is 16.8 Å². The molecule has 102 valence electrons. The Morgan fingerprint density at radius 2 is 1.95 bits per heavy atom. The molecule has 0 saturated carbocycles. The molecule has 1 heterocycles. The fourth-order valence-electron chi connectivity index (χ4n) is 2.46. The highest BCUT2D eigenvalue weighted by molar-refractivity contribution is 8.15. The lowest BCUT2D eigenvalue weighted by atomic mass is 10.00. The molecule has 2 nitrogen and oxygen atoms in total. The number of fused-ring (bicyclic) bond motifs is 1. The number of benzene rings is 2. The predicted molar refractivity (Wildman–Crippen MR) is 85.9 cm³/mol. The second kappa shape index (κ2) is 5.71. The summed E-state index contributed by atoms with van der Waals surface area (Å²) in [5.41, 5.74) is 3.85.